The van der Waals surface area contributed by atoms with Crippen LogP contribution in [0.4, 0.5) is 8.78 Å². The molecule has 1 aliphatic heterocycles. The fourth-order valence-corrected chi connectivity index (χ4v) is 7.47. The lowest BCUT2D eigenvalue weighted by molar-refractivity contribution is -0.142. The molecule has 3 atom stereocenters. The smallest absolute Gasteiger partial charge is 0.313 e. The Labute approximate surface area is 246 Å². The zero-order chi connectivity index (χ0) is 29.7. The highest BCUT2D eigenvalue weighted by Crippen LogP contribution is 2.46. The van der Waals surface area contributed by atoms with Gasteiger partial charge < -0.3 is 20.5 Å². The van der Waals surface area contributed by atoms with Crippen LogP contribution in [0.3, 0.4) is 0 Å². The van der Waals surface area contributed by atoms with Gasteiger partial charge in [0, 0.05) is 36.5 Å². The third-order valence-corrected chi connectivity index (χ3v) is 10.4. The Morgan fingerprint density at radius 1 is 1.05 bits per heavy atom. The molecule has 2 aromatic carbocycles. The Kier molecular flexibility index (Phi) is 7.57. The summed E-state index contributed by atoms with van der Waals surface area (Å²) < 4.78 is 37.5. The topological polar surface area (TPSA) is 87.7 Å². The number of hydrogen-bond acceptors (Lipinski definition) is 4. The summed E-state index contributed by atoms with van der Waals surface area (Å²) in [6, 6.07) is 10.3. The van der Waals surface area contributed by atoms with Gasteiger partial charge in [-0.1, -0.05) is 37.5 Å². The number of aliphatic carboxylic acids is 1. The molecule has 2 aromatic rings. The van der Waals surface area contributed by atoms with Gasteiger partial charge in [0.05, 0.1) is 5.41 Å². The van der Waals surface area contributed by atoms with Crippen LogP contribution in [0, 0.1) is 5.82 Å². The number of carboxylic acids is 1. The van der Waals surface area contributed by atoms with E-state index in [-0.39, 0.29) is 42.4 Å². The summed E-state index contributed by atoms with van der Waals surface area (Å²) in [5, 5.41) is 16.2. The summed E-state index contributed by atoms with van der Waals surface area (Å²) in [5.74, 6) is -1.05. The van der Waals surface area contributed by atoms with Gasteiger partial charge in [0.1, 0.15) is 17.7 Å². The number of rotatable bonds is 8. The first-order valence-electron chi connectivity index (χ1n) is 15.6. The lowest BCUT2D eigenvalue weighted by Gasteiger charge is -2.30. The van der Waals surface area contributed by atoms with Crippen molar-refractivity contribution in [3.8, 4) is 16.9 Å². The van der Waals surface area contributed by atoms with Crippen LogP contribution in [-0.4, -0.2) is 46.9 Å². The van der Waals surface area contributed by atoms with Gasteiger partial charge in [0.2, 0.25) is 5.67 Å². The van der Waals surface area contributed by atoms with Gasteiger partial charge in [-0.3, -0.25) is 9.59 Å². The van der Waals surface area contributed by atoms with Gasteiger partial charge >= 0.3 is 5.97 Å². The second-order valence-electron chi connectivity index (χ2n) is 13.7. The van der Waals surface area contributed by atoms with Gasteiger partial charge in [-0.2, -0.15) is 0 Å². The molecule has 8 heteroatoms. The molecule has 0 radical (unpaired) electrons. The average Bonchev–Trinajstić information content (AvgIpc) is 3.65. The predicted octanol–water partition coefficient (Wildman–Crippen LogP) is 6.55. The lowest BCUT2D eigenvalue weighted by atomic mass is 9.76. The SMILES string of the molecule is CC(C)(C(=O)O)c1ccc(O[C@@H]2CC[C@@H](NC(=O)[C@]3(F)CNC4(CCCC4)C3)C2)c(-c2cccc(F)c2C2CCC2)c1. The number of ether oxygens (including phenoxy) is 1. The van der Waals surface area contributed by atoms with Gasteiger partial charge in [0.15, 0.2) is 0 Å². The maximum Gasteiger partial charge on any atom is 0.313 e. The van der Waals surface area contributed by atoms with Crippen molar-refractivity contribution in [3.05, 3.63) is 53.3 Å². The van der Waals surface area contributed by atoms with E-state index in [1.165, 1.54) is 6.07 Å². The minimum Gasteiger partial charge on any atom is -0.490 e. The van der Waals surface area contributed by atoms with Crippen LogP contribution in [0.15, 0.2) is 36.4 Å². The molecule has 0 unspecified atom stereocenters. The molecule has 226 valence electrons. The fourth-order valence-electron chi connectivity index (χ4n) is 7.47. The van der Waals surface area contributed by atoms with E-state index in [4.69, 9.17) is 4.74 Å². The maximum absolute atomic E-state index is 15.7. The highest BCUT2D eigenvalue weighted by Gasteiger charge is 2.54. The second kappa shape index (κ2) is 10.9. The molecule has 4 aliphatic rings. The van der Waals surface area contributed by atoms with Crippen LogP contribution in [0.2, 0.25) is 0 Å². The van der Waals surface area contributed by atoms with Crippen molar-refractivity contribution in [1.29, 1.82) is 0 Å². The van der Waals surface area contributed by atoms with Gasteiger partial charge in [-0.05, 0) is 93.2 Å². The van der Waals surface area contributed by atoms with E-state index >= 15 is 8.78 Å². The maximum atomic E-state index is 15.7. The lowest BCUT2D eigenvalue weighted by Crippen LogP contribution is -2.48. The zero-order valence-electron chi connectivity index (χ0n) is 24.6. The Morgan fingerprint density at radius 2 is 1.81 bits per heavy atom. The molecule has 3 N–H and O–H groups in total. The molecule has 6 rings (SSSR count). The fraction of sp³-hybridized carbons (Fsp3) is 0.588. The first-order valence-corrected chi connectivity index (χ1v) is 15.6. The number of amides is 1. The zero-order valence-corrected chi connectivity index (χ0v) is 24.6. The summed E-state index contributed by atoms with van der Waals surface area (Å²) in [4.78, 5) is 25.1. The highest BCUT2D eigenvalue weighted by atomic mass is 19.1. The number of hydrogen-bond donors (Lipinski definition) is 3. The van der Waals surface area contributed by atoms with E-state index in [1.807, 2.05) is 12.1 Å². The minimum atomic E-state index is -1.89. The monoisotopic (exact) mass is 580 g/mol. The molecular formula is C34H42F2N2O4. The summed E-state index contributed by atoms with van der Waals surface area (Å²) in [6.45, 7) is 3.37. The summed E-state index contributed by atoms with van der Waals surface area (Å²) >= 11 is 0. The van der Waals surface area contributed by atoms with Crippen LogP contribution >= 0.6 is 0 Å². The molecule has 1 spiro atoms. The van der Waals surface area contributed by atoms with E-state index < -0.39 is 23.0 Å². The number of alkyl halides is 1. The third kappa shape index (κ3) is 5.31. The number of carbonyl (C=O) groups excluding carboxylic acids is 1. The van der Waals surface area contributed by atoms with Crippen molar-refractivity contribution < 1.29 is 28.2 Å². The van der Waals surface area contributed by atoms with Crippen molar-refractivity contribution >= 4 is 11.9 Å². The molecule has 1 heterocycles. The quantitative estimate of drug-likeness (QED) is 0.330. The van der Waals surface area contributed by atoms with E-state index in [0.717, 1.165) is 50.5 Å². The molecule has 3 saturated carbocycles. The first-order chi connectivity index (χ1) is 20.0. The van der Waals surface area contributed by atoms with Crippen molar-refractivity contribution in [2.45, 2.75) is 119 Å². The Balaban J connectivity index is 1.22. The van der Waals surface area contributed by atoms with Crippen molar-refractivity contribution in [1.82, 2.24) is 10.6 Å². The molecule has 4 fully saturated rings. The van der Waals surface area contributed by atoms with E-state index in [2.05, 4.69) is 10.6 Å². The van der Waals surface area contributed by atoms with E-state index in [9.17, 15) is 14.7 Å². The first kappa shape index (κ1) is 29.1. The summed E-state index contributed by atoms with van der Waals surface area (Å²) in [6.07, 6.45) is 8.80. The van der Waals surface area contributed by atoms with Crippen molar-refractivity contribution in [2.75, 3.05) is 6.54 Å². The Hall–Kier alpha value is -3.00. The molecule has 1 amide bonds. The van der Waals surface area contributed by atoms with Crippen molar-refractivity contribution in [3.63, 3.8) is 0 Å². The van der Waals surface area contributed by atoms with Crippen LogP contribution in [0.5, 0.6) is 5.75 Å². The van der Waals surface area contributed by atoms with Crippen molar-refractivity contribution in [2.24, 2.45) is 0 Å². The number of carbonyl (C=O) groups is 2. The summed E-state index contributed by atoms with van der Waals surface area (Å²) in [7, 11) is 0. The van der Waals surface area contributed by atoms with Gasteiger partial charge in [0.25, 0.3) is 5.91 Å². The molecule has 0 aromatic heterocycles. The third-order valence-electron chi connectivity index (χ3n) is 10.4. The van der Waals surface area contributed by atoms with Gasteiger partial charge in [-0.15, -0.1) is 0 Å². The summed E-state index contributed by atoms with van der Waals surface area (Å²) in [5.41, 5.74) is -0.593. The van der Waals surface area contributed by atoms with Crippen LogP contribution in [0.25, 0.3) is 11.1 Å². The average molecular weight is 581 g/mol. The normalized spacial score (nSPS) is 27.2. The number of carboxylic acid groups (broad SMARTS) is 1. The minimum absolute atomic E-state index is 0.0604. The largest absolute Gasteiger partial charge is 0.490 e. The predicted molar refractivity (Wildman–Crippen MR) is 157 cm³/mol. The van der Waals surface area contributed by atoms with Crippen LogP contribution in [0.1, 0.15) is 102 Å². The number of nitrogens with one attached hydrogen (secondary N) is 2. The standard InChI is InChI=1S/C34H42F2N2O4/c1-32(2,31(40)41)22-11-14-28(26(17-22)25-9-6-10-27(35)29(25)21-7-5-8-21)42-24-13-12-23(18-24)38-30(39)34(36)19-33(37-20-34)15-3-4-16-33/h6,9-11,14,17,21,23-24,37H,3-5,7-8,12-13,15-16,18-20H2,1-2H3,(H,38,39)(H,40,41)/t23-,24-,34-/m1/s1. The molecule has 6 nitrogen and oxygen atoms in total. The second-order valence-corrected chi connectivity index (χ2v) is 13.7. The molecule has 0 bridgehead atoms. The Morgan fingerprint density at radius 3 is 2.50 bits per heavy atom. The van der Waals surface area contributed by atoms with E-state index in [1.54, 1.807) is 32.0 Å². The van der Waals surface area contributed by atoms with E-state index in [0.29, 0.717) is 41.7 Å². The molecular weight excluding hydrogens is 538 g/mol. The number of halogens is 2. The van der Waals surface area contributed by atoms with Crippen LogP contribution in [-0.2, 0) is 15.0 Å². The molecule has 3 aliphatic carbocycles. The highest BCUT2D eigenvalue weighted by molar-refractivity contribution is 5.86. The van der Waals surface area contributed by atoms with Gasteiger partial charge in [-0.25, -0.2) is 8.78 Å². The Bertz CT molecular complexity index is 1370. The molecule has 42 heavy (non-hydrogen) atoms. The molecule has 1 saturated heterocycles. The van der Waals surface area contributed by atoms with Crippen LogP contribution < -0.4 is 15.4 Å². The number of benzene rings is 2.